The first-order valence-corrected chi connectivity index (χ1v) is 9.80. The molecule has 0 bridgehead atoms. The SMILES string of the molecule is Cc1ccc(S(=O)(=O)Oc2cccc(-c3nc4cc(C)ccc4o3)c2)cc1. The number of oxazole rings is 1. The van der Waals surface area contributed by atoms with E-state index in [1.54, 1.807) is 36.4 Å². The minimum absolute atomic E-state index is 0.107. The molecule has 0 atom stereocenters. The van der Waals surface area contributed by atoms with Crippen LogP contribution in [-0.4, -0.2) is 13.4 Å². The minimum atomic E-state index is -3.91. The standard InChI is InChI=1S/C21H17NO4S/c1-14-6-9-18(10-7-14)27(23,24)26-17-5-3-4-16(13-17)21-22-19-12-15(2)8-11-20(19)25-21/h3-13H,1-2H3. The van der Waals surface area contributed by atoms with Gasteiger partial charge in [0.05, 0.1) is 0 Å². The van der Waals surface area contributed by atoms with Crippen molar-refractivity contribution in [1.29, 1.82) is 0 Å². The summed E-state index contributed by atoms with van der Waals surface area (Å²) in [4.78, 5) is 4.58. The number of nitrogens with zero attached hydrogens (tertiary/aromatic N) is 1. The zero-order chi connectivity index (χ0) is 19.0. The maximum absolute atomic E-state index is 12.5. The Kier molecular flexibility index (Phi) is 4.20. The number of hydrogen-bond donors (Lipinski definition) is 0. The molecule has 0 saturated heterocycles. The molecule has 1 aromatic heterocycles. The lowest BCUT2D eigenvalue weighted by atomic mass is 10.2. The summed E-state index contributed by atoms with van der Waals surface area (Å²) in [6, 6.07) is 18.9. The molecular weight excluding hydrogens is 362 g/mol. The summed E-state index contributed by atoms with van der Waals surface area (Å²) in [6.07, 6.45) is 0. The molecule has 27 heavy (non-hydrogen) atoms. The van der Waals surface area contributed by atoms with Crippen LogP contribution in [0.1, 0.15) is 11.1 Å². The van der Waals surface area contributed by atoms with Gasteiger partial charge in [0, 0.05) is 5.56 Å². The molecule has 0 aliphatic carbocycles. The Bertz CT molecular complexity index is 1220. The number of rotatable bonds is 4. The summed E-state index contributed by atoms with van der Waals surface area (Å²) in [5, 5.41) is 0. The molecule has 0 saturated carbocycles. The van der Waals surface area contributed by atoms with Gasteiger partial charge in [0.25, 0.3) is 0 Å². The molecule has 0 unspecified atom stereocenters. The van der Waals surface area contributed by atoms with Crippen LogP contribution in [0.4, 0.5) is 0 Å². The Morgan fingerprint density at radius 1 is 0.889 bits per heavy atom. The summed E-state index contributed by atoms with van der Waals surface area (Å²) < 4.78 is 36.0. The highest BCUT2D eigenvalue weighted by Gasteiger charge is 2.17. The van der Waals surface area contributed by atoms with E-state index >= 15 is 0 Å². The second-order valence-corrected chi connectivity index (χ2v) is 7.91. The summed E-state index contributed by atoms with van der Waals surface area (Å²) in [7, 11) is -3.91. The third-order valence-electron chi connectivity index (χ3n) is 4.14. The summed E-state index contributed by atoms with van der Waals surface area (Å²) in [5.41, 5.74) is 4.13. The third-order valence-corrected chi connectivity index (χ3v) is 5.40. The van der Waals surface area contributed by atoms with E-state index in [4.69, 9.17) is 8.60 Å². The first kappa shape index (κ1) is 17.3. The molecule has 1 heterocycles. The molecule has 0 spiro atoms. The van der Waals surface area contributed by atoms with Gasteiger partial charge in [-0.15, -0.1) is 0 Å². The van der Waals surface area contributed by atoms with Crippen LogP contribution in [0.25, 0.3) is 22.6 Å². The zero-order valence-electron chi connectivity index (χ0n) is 14.8. The second kappa shape index (κ2) is 6.55. The number of hydrogen-bond acceptors (Lipinski definition) is 5. The van der Waals surface area contributed by atoms with Crippen molar-refractivity contribution >= 4 is 21.2 Å². The van der Waals surface area contributed by atoms with Gasteiger partial charge in [-0.1, -0.05) is 29.8 Å². The molecule has 0 aliphatic heterocycles. The fraction of sp³-hybridized carbons (Fsp3) is 0.0952. The lowest BCUT2D eigenvalue weighted by molar-refractivity contribution is 0.486. The quantitative estimate of drug-likeness (QED) is 0.473. The highest BCUT2D eigenvalue weighted by Crippen LogP contribution is 2.28. The van der Waals surface area contributed by atoms with Gasteiger partial charge < -0.3 is 8.60 Å². The molecule has 0 N–H and O–H groups in total. The Hall–Kier alpha value is -3.12. The van der Waals surface area contributed by atoms with Crippen molar-refractivity contribution in [2.75, 3.05) is 0 Å². The molecule has 0 aliphatic rings. The van der Waals surface area contributed by atoms with Gasteiger partial charge in [-0.25, -0.2) is 4.98 Å². The van der Waals surface area contributed by atoms with Crippen molar-refractivity contribution in [3.63, 3.8) is 0 Å². The number of fused-ring (bicyclic) bond motifs is 1. The maximum Gasteiger partial charge on any atom is 0.339 e. The van der Waals surface area contributed by atoms with Crippen LogP contribution in [-0.2, 0) is 10.1 Å². The molecule has 136 valence electrons. The van der Waals surface area contributed by atoms with Crippen LogP contribution in [0, 0.1) is 13.8 Å². The van der Waals surface area contributed by atoms with Crippen LogP contribution >= 0.6 is 0 Å². The van der Waals surface area contributed by atoms with Gasteiger partial charge in [-0.2, -0.15) is 8.42 Å². The Balaban J connectivity index is 1.66. The second-order valence-electron chi connectivity index (χ2n) is 6.37. The van der Waals surface area contributed by atoms with Gasteiger partial charge in [0.15, 0.2) is 5.58 Å². The number of aryl methyl sites for hydroxylation is 2. The molecule has 3 aromatic carbocycles. The third kappa shape index (κ3) is 3.57. The fourth-order valence-corrected chi connectivity index (χ4v) is 3.64. The van der Waals surface area contributed by atoms with E-state index in [1.165, 1.54) is 12.1 Å². The molecule has 4 rings (SSSR count). The van der Waals surface area contributed by atoms with Gasteiger partial charge in [-0.05, 0) is 61.9 Å². The zero-order valence-corrected chi connectivity index (χ0v) is 15.7. The van der Waals surface area contributed by atoms with Crippen molar-refractivity contribution in [1.82, 2.24) is 4.98 Å². The van der Waals surface area contributed by atoms with Crippen LogP contribution in [0.5, 0.6) is 5.75 Å². The summed E-state index contributed by atoms with van der Waals surface area (Å²) in [6.45, 7) is 3.88. The Morgan fingerprint density at radius 3 is 2.41 bits per heavy atom. The van der Waals surface area contributed by atoms with Crippen molar-refractivity contribution in [2.24, 2.45) is 0 Å². The van der Waals surface area contributed by atoms with Gasteiger partial charge in [0.1, 0.15) is 16.2 Å². The molecule has 0 fully saturated rings. The Labute approximate surface area is 157 Å². The summed E-state index contributed by atoms with van der Waals surface area (Å²) in [5.74, 6) is 0.611. The smallest absolute Gasteiger partial charge is 0.339 e. The van der Waals surface area contributed by atoms with Crippen LogP contribution in [0.15, 0.2) is 76.0 Å². The van der Waals surface area contributed by atoms with Crippen molar-refractivity contribution in [2.45, 2.75) is 18.7 Å². The average Bonchev–Trinajstić information content (AvgIpc) is 3.05. The van der Waals surface area contributed by atoms with E-state index in [-0.39, 0.29) is 10.6 Å². The largest absolute Gasteiger partial charge is 0.436 e. The van der Waals surface area contributed by atoms with Gasteiger partial charge in [-0.3, -0.25) is 0 Å². The van der Waals surface area contributed by atoms with E-state index in [1.807, 2.05) is 32.0 Å². The van der Waals surface area contributed by atoms with Crippen molar-refractivity contribution < 1.29 is 17.0 Å². The highest BCUT2D eigenvalue weighted by atomic mass is 32.2. The minimum Gasteiger partial charge on any atom is -0.436 e. The lowest BCUT2D eigenvalue weighted by Gasteiger charge is -2.08. The monoisotopic (exact) mass is 379 g/mol. The number of aromatic nitrogens is 1. The summed E-state index contributed by atoms with van der Waals surface area (Å²) >= 11 is 0. The lowest BCUT2D eigenvalue weighted by Crippen LogP contribution is -2.09. The van der Waals surface area contributed by atoms with Crippen molar-refractivity contribution in [3.8, 4) is 17.2 Å². The number of benzene rings is 3. The first-order valence-electron chi connectivity index (χ1n) is 8.39. The molecule has 4 aromatic rings. The molecule has 0 amide bonds. The molecular formula is C21H17NO4S. The predicted octanol–water partition coefficient (Wildman–Crippen LogP) is 4.88. The van der Waals surface area contributed by atoms with Crippen LogP contribution in [0.3, 0.4) is 0 Å². The van der Waals surface area contributed by atoms with E-state index in [0.717, 1.165) is 16.6 Å². The van der Waals surface area contributed by atoms with E-state index in [2.05, 4.69) is 4.98 Å². The van der Waals surface area contributed by atoms with E-state index in [0.29, 0.717) is 17.0 Å². The topological polar surface area (TPSA) is 69.4 Å². The first-order chi connectivity index (χ1) is 12.9. The fourth-order valence-electron chi connectivity index (χ4n) is 2.72. The average molecular weight is 379 g/mol. The normalized spacial score (nSPS) is 11.6. The van der Waals surface area contributed by atoms with E-state index < -0.39 is 10.1 Å². The maximum atomic E-state index is 12.5. The molecule has 5 nitrogen and oxygen atoms in total. The van der Waals surface area contributed by atoms with Gasteiger partial charge >= 0.3 is 10.1 Å². The van der Waals surface area contributed by atoms with Crippen LogP contribution < -0.4 is 4.18 Å². The van der Waals surface area contributed by atoms with Gasteiger partial charge in [0.2, 0.25) is 5.89 Å². The highest BCUT2D eigenvalue weighted by molar-refractivity contribution is 7.87. The van der Waals surface area contributed by atoms with E-state index in [9.17, 15) is 8.42 Å². The van der Waals surface area contributed by atoms with Crippen LogP contribution in [0.2, 0.25) is 0 Å². The Morgan fingerprint density at radius 2 is 1.63 bits per heavy atom. The predicted molar refractivity (Wildman–Crippen MR) is 103 cm³/mol. The molecule has 0 radical (unpaired) electrons. The van der Waals surface area contributed by atoms with Crippen molar-refractivity contribution in [3.05, 3.63) is 77.9 Å². The molecule has 6 heteroatoms.